The molecule has 5 aliphatic carbocycles. The fourth-order valence-corrected chi connectivity index (χ4v) is 9.29. The second-order valence-electron chi connectivity index (χ2n) is 12.6. The Morgan fingerprint density at radius 3 is 1.03 bits per heavy atom. The summed E-state index contributed by atoms with van der Waals surface area (Å²) in [6.45, 7) is 0. The van der Waals surface area contributed by atoms with Gasteiger partial charge in [0.2, 0.25) is 0 Å². The number of rotatable bonds is 4. The third-order valence-corrected chi connectivity index (χ3v) is 11.1. The van der Waals surface area contributed by atoms with Crippen LogP contribution in [0.15, 0.2) is 0 Å². The van der Waals surface area contributed by atoms with Crippen LogP contribution in [-0.2, 0) is 9.47 Å². The SMILES string of the molecule is COC1CCC(C2CCC3(CC2)CC2(CCC(C4CCC(OC)CC4)CC2)C3)CC1. The highest BCUT2D eigenvalue weighted by molar-refractivity contribution is 5.07. The minimum absolute atomic E-state index is 0.563. The Bertz CT molecular complexity index is 481. The first-order valence-corrected chi connectivity index (χ1v) is 13.7. The van der Waals surface area contributed by atoms with E-state index in [9.17, 15) is 0 Å². The molecule has 0 unspecified atom stereocenters. The summed E-state index contributed by atoms with van der Waals surface area (Å²) in [5, 5.41) is 0. The zero-order chi connectivity index (χ0) is 20.6. The lowest BCUT2D eigenvalue weighted by molar-refractivity contribution is -0.110. The molecule has 0 aromatic carbocycles. The van der Waals surface area contributed by atoms with Crippen molar-refractivity contribution >= 4 is 0 Å². The van der Waals surface area contributed by atoms with Gasteiger partial charge in [-0.2, -0.15) is 0 Å². The van der Waals surface area contributed by atoms with Crippen molar-refractivity contribution in [3.05, 3.63) is 0 Å². The van der Waals surface area contributed by atoms with Crippen LogP contribution in [0.1, 0.15) is 116 Å². The van der Waals surface area contributed by atoms with E-state index in [0.29, 0.717) is 12.2 Å². The molecule has 0 amide bonds. The predicted molar refractivity (Wildman–Crippen MR) is 124 cm³/mol. The largest absolute Gasteiger partial charge is 0.381 e. The average Bonchev–Trinajstić information content (AvgIpc) is 2.79. The van der Waals surface area contributed by atoms with Gasteiger partial charge in [0.05, 0.1) is 12.2 Å². The molecular weight excluding hydrogens is 368 g/mol. The van der Waals surface area contributed by atoms with Crippen LogP contribution >= 0.6 is 0 Å². The minimum atomic E-state index is 0.563. The highest BCUT2D eigenvalue weighted by Crippen LogP contribution is 2.67. The van der Waals surface area contributed by atoms with Crippen molar-refractivity contribution in [2.75, 3.05) is 14.2 Å². The molecule has 0 aromatic rings. The first-order chi connectivity index (χ1) is 14.6. The Balaban J connectivity index is 1.04. The van der Waals surface area contributed by atoms with Crippen LogP contribution in [0.2, 0.25) is 0 Å². The molecule has 5 saturated carbocycles. The maximum absolute atomic E-state index is 5.60. The van der Waals surface area contributed by atoms with Gasteiger partial charge in [0.25, 0.3) is 0 Å². The fourth-order valence-electron chi connectivity index (χ4n) is 9.29. The third kappa shape index (κ3) is 4.39. The molecule has 0 N–H and O–H groups in total. The monoisotopic (exact) mass is 416 g/mol. The van der Waals surface area contributed by atoms with E-state index in [1.165, 1.54) is 51.4 Å². The number of methoxy groups -OCH3 is 2. The summed E-state index contributed by atoms with van der Waals surface area (Å²) in [5.74, 6) is 4.13. The summed E-state index contributed by atoms with van der Waals surface area (Å²) in [5.41, 5.74) is 1.56. The zero-order valence-electron chi connectivity index (χ0n) is 20.0. The van der Waals surface area contributed by atoms with Crippen LogP contribution < -0.4 is 0 Å². The molecule has 0 aromatic heterocycles. The normalized spacial score (nSPS) is 49.8. The molecule has 0 radical (unpaired) electrons. The summed E-state index contributed by atoms with van der Waals surface area (Å²) in [6.07, 6.45) is 27.8. The van der Waals surface area contributed by atoms with Crippen LogP contribution in [0.25, 0.3) is 0 Å². The van der Waals surface area contributed by atoms with E-state index in [4.69, 9.17) is 9.47 Å². The second-order valence-corrected chi connectivity index (χ2v) is 12.6. The lowest BCUT2D eigenvalue weighted by Gasteiger charge is -2.62. The Kier molecular flexibility index (Phi) is 6.56. The fraction of sp³-hybridized carbons (Fsp3) is 1.00. The van der Waals surface area contributed by atoms with Crippen molar-refractivity contribution in [3.63, 3.8) is 0 Å². The quantitative estimate of drug-likeness (QED) is 0.471. The summed E-state index contributed by atoms with van der Waals surface area (Å²) >= 11 is 0. The number of ether oxygens (including phenoxy) is 2. The van der Waals surface area contributed by atoms with Crippen molar-refractivity contribution in [2.45, 2.75) is 128 Å². The summed E-state index contributed by atoms with van der Waals surface area (Å²) in [4.78, 5) is 0. The molecule has 30 heavy (non-hydrogen) atoms. The lowest BCUT2D eigenvalue weighted by atomic mass is 9.43. The molecule has 0 atom stereocenters. The predicted octanol–water partition coefficient (Wildman–Crippen LogP) is 7.54. The first-order valence-electron chi connectivity index (χ1n) is 13.7. The van der Waals surface area contributed by atoms with E-state index in [1.807, 2.05) is 14.2 Å². The Hall–Kier alpha value is -0.0800. The van der Waals surface area contributed by atoms with Gasteiger partial charge >= 0.3 is 0 Å². The average molecular weight is 417 g/mol. The van der Waals surface area contributed by atoms with Gasteiger partial charge in [0, 0.05) is 14.2 Å². The first kappa shape index (κ1) is 21.7. The smallest absolute Gasteiger partial charge is 0.0571 e. The molecule has 172 valence electrons. The van der Waals surface area contributed by atoms with Gasteiger partial charge in [0.1, 0.15) is 0 Å². The maximum Gasteiger partial charge on any atom is 0.0571 e. The molecule has 5 rings (SSSR count). The van der Waals surface area contributed by atoms with E-state index < -0.39 is 0 Å². The highest BCUT2D eigenvalue weighted by atomic mass is 16.5. The summed E-state index contributed by atoms with van der Waals surface area (Å²) in [7, 11) is 3.81. The molecule has 2 spiro atoms. The molecule has 0 aliphatic heterocycles. The maximum atomic E-state index is 5.60. The number of hydrogen-bond acceptors (Lipinski definition) is 2. The highest BCUT2D eigenvalue weighted by Gasteiger charge is 2.56. The van der Waals surface area contributed by atoms with Crippen molar-refractivity contribution in [2.24, 2.45) is 34.5 Å². The molecule has 0 heterocycles. The lowest BCUT2D eigenvalue weighted by Crippen LogP contribution is -2.50. The Labute approximate surface area is 186 Å². The molecular formula is C28H48O2. The van der Waals surface area contributed by atoms with Crippen molar-refractivity contribution in [3.8, 4) is 0 Å². The van der Waals surface area contributed by atoms with E-state index in [2.05, 4.69) is 0 Å². The summed E-state index contributed by atoms with van der Waals surface area (Å²) in [6, 6.07) is 0. The van der Waals surface area contributed by atoms with Gasteiger partial charge in [-0.3, -0.25) is 0 Å². The second kappa shape index (κ2) is 9.05. The molecule has 2 heteroatoms. The van der Waals surface area contributed by atoms with Gasteiger partial charge in [-0.1, -0.05) is 0 Å². The van der Waals surface area contributed by atoms with Crippen LogP contribution in [0.5, 0.6) is 0 Å². The van der Waals surface area contributed by atoms with Crippen molar-refractivity contribution in [1.82, 2.24) is 0 Å². The van der Waals surface area contributed by atoms with Gasteiger partial charge in [-0.25, -0.2) is 0 Å². The molecule has 5 fully saturated rings. The molecule has 5 aliphatic rings. The molecule has 0 saturated heterocycles. The third-order valence-electron chi connectivity index (χ3n) is 11.1. The van der Waals surface area contributed by atoms with Gasteiger partial charge in [-0.05, 0) is 150 Å². The topological polar surface area (TPSA) is 18.5 Å². The zero-order valence-corrected chi connectivity index (χ0v) is 20.0. The van der Waals surface area contributed by atoms with Crippen molar-refractivity contribution in [1.29, 1.82) is 0 Å². The Morgan fingerprint density at radius 2 is 0.733 bits per heavy atom. The van der Waals surface area contributed by atoms with Crippen LogP contribution in [0.4, 0.5) is 0 Å². The van der Waals surface area contributed by atoms with Crippen LogP contribution in [0.3, 0.4) is 0 Å². The van der Waals surface area contributed by atoms with E-state index in [0.717, 1.165) is 34.5 Å². The minimum Gasteiger partial charge on any atom is -0.381 e. The summed E-state index contributed by atoms with van der Waals surface area (Å²) < 4.78 is 11.2. The van der Waals surface area contributed by atoms with E-state index >= 15 is 0 Å². The van der Waals surface area contributed by atoms with Crippen LogP contribution in [0, 0.1) is 34.5 Å². The van der Waals surface area contributed by atoms with Gasteiger partial charge in [0.15, 0.2) is 0 Å². The van der Waals surface area contributed by atoms with Gasteiger partial charge < -0.3 is 9.47 Å². The standard InChI is InChI=1S/C28H48O2/c1-29-25-7-3-21(4-8-25)23-11-15-27(16-12-23)19-28(20-27)17-13-24(14-18-28)22-5-9-26(30-2)10-6-22/h21-26H,3-20H2,1-2H3. The van der Waals surface area contributed by atoms with Gasteiger partial charge in [-0.15, -0.1) is 0 Å². The number of hydrogen-bond donors (Lipinski definition) is 0. The van der Waals surface area contributed by atoms with Crippen molar-refractivity contribution < 1.29 is 9.47 Å². The van der Waals surface area contributed by atoms with E-state index in [1.54, 1.807) is 64.2 Å². The molecule has 0 bridgehead atoms. The van der Waals surface area contributed by atoms with E-state index in [-0.39, 0.29) is 0 Å². The molecule has 2 nitrogen and oxygen atoms in total. The Morgan fingerprint density at radius 1 is 0.433 bits per heavy atom. The van der Waals surface area contributed by atoms with Crippen LogP contribution in [-0.4, -0.2) is 26.4 Å².